The number of nitrogens with zero attached hydrogens (tertiary/aromatic N) is 6. The molecule has 3 aromatic rings. The van der Waals surface area contributed by atoms with Crippen molar-refractivity contribution >= 4 is 23.6 Å². The maximum atomic E-state index is 14.4. The SMILES string of the molecule is CC(C)C[C@H]1NC(=O)c2ccc(F)cc2OCc2cn(nn2)CCCCCCCNC(=O)[C@H](Cc2cccnc2)N(C)C(=O)[C@H]2CCCN2C1=O. The summed E-state index contributed by atoms with van der Waals surface area (Å²) < 4.78 is 22.0. The molecule has 0 aliphatic carbocycles. The van der Waals surface area contributed by atoms with Gasteiger partial charge in [0.15, 0.2) is 0 Å². The summed E-state index contributed by atoms with van der Waals surface area (Å²) in [4.78, 5) is 62.9. The number of carbonyl (C=O) groups is 4. The number of pyridine rings is 1. The first-order valence-corrected chi connectivity index (χ1v) is 18.0. The second kappa shape index (κ2) is 17.9. The molecular weight excluding hydrogens is 655 g/mol. The summed E-state index contributed by atoms with van der Waals surface area (Å²) in [5.41, 5.74) is 1.40. The Balaban J connectivity index is 1.42. The Kier molecular flexibility index (Phi) is 13.1. The summed E-state index contributed by atoms with van der Waals surface area (Å²) in [5.74, 6) is -2.14. The number of carbonyl (C=O) groups excluding carboxylic acids is 4. The average molecular weight is 705 g/mol. The van der Waals surface area contributed by atoms with Crippen LogP contribution in [0, 0.1) is 11.7 Å². The van der Waals surface area contributed by atoms with Crippen LogP contribution in [-0.2, 0) is 34.0 Å². The van der Waals surface area contributed by atoms with Crippen molar-refractivity contribution in [1.29, 1.82) is 0 Å². The molecule has 0 saturated carbocycles. The number of nitrogens with one attached hydrogen (secondary N) is 2. The van der Waals surface area contributed by atoms with Gasteiger partial charge in [0, 0.05) is 51.6 Å². The molecule has 2 bridgehead atoms. The Hall–Kier alpha value is -4.88. The molecule has 2 N–H and O–H groups in total. The number of fused-ring (bicyclic) bond motifs is 4. The van der Waals surface area contributed by atoms with Crippen molar-refractivity contribution in [2.75, 3.05) is 20.1 Å². The summed E-state index contributed by atoms with van der Waals surface area (Å²) in [6, 6.07) is 4.71. The maximum Gasteiger partial charge on any atom is 0.255 e. The van der Waals surface area contributed by atoms with Crippen LogP contribution in [0.25, 0.3) is 0 Å². The lowest BCUT2D eigenvalue weighted by Crippen LogP contribution is -2.57. The van der Waals surface area contributed by atoms with E-state index in [-0.39, 0.29) is 48.0 Å². The van der Waals surface area contributed by atoms with Crippen molar-refractivity contribution in [2.24, 2.45) is 5.92 Å². The summed E-state index contributed by atoms with van der Waals surface area (Å²) in [6.07, 6.45) is 11.3. The number of hydrogen-bond acceptors (Lipinski definition) is 8. The lowest BCUT2D eigenvalue weighted by molar-refractivity contribution is -0.147. The van der Waals surface area contributed by atoms with Gasteiger partial charge in [-0.3, -0.25) is 28.8 Å². The topological polar surface area (TPSA) is 152 Å². The molecular formula is C37H49FN8O5. The molecule has 51 heavy (non-hydrogen) atoms. The van der Waals surface area contributed by atoms with Crippen molar-refractivity contribution in [3.05, 3.63) is 71.6 Å². The number of ether oxygens (including phenoxy) is 1. The molecule has 0 radical (unpaired) electrons. The number of aromatic nitrogens is 4. The first-order chi connectivity index (χ1) is 24.6. The predicted molar refractivity (Wildman–Crippen MR) is 187 cm³/mol. The molecule has 3 atom stereocenters. The van der Waals surface area contributed by atoms with E-state index in [1.54, 1.807) is 36.4 Å². The van der Waals surface area contributed by atoms with Gasteiger partial charge in [0.2, 0.25) is 17.7 Å². The van der Waals surface area contributed by atoms with Gasteiger partial charge < -0.3 is 25.2 Å². The van der Waals surface area contributed by atoms with Gasteiger partial charge in [0.25, 0.3) is 5.91 Å². The number of likely N-dealkylation sites (N-methyl/N-ethyl adjacent to an activating group) is 1. The van der Waals surface area contributed by atoms with Crippen LogP contribution in [-0.4, -0.2) is 91.7 Å². The second-order valence-electron chi connectivity index (χ2n) is 13.8. The van der Waals surface area contributed by atoms with Crippen LogP contribution in [0.2, 0.25) is 0 Å². The number of rotatable bonds is 4. The van der Waals surface area contributed by atoms with Gasteiger partial charge in [-0.1, -0.05) is 44.4 Å². The third-order valence-corrected chi connectivity index (χ3v) is 9.41. The highest BCUT2D eigenvalue weighted by Gasteiger charge is 2.41. The Morgan fingerprint density at radius 3 is 2.59 bits per heavy atom. The minimum Gasteiger partial charge on any atom is -0.486 e. The Morgan fingerprint density at radius 1 is 1.00 bits per heavy atom. The normalized spacial score (nSPS) is 21.9. The van der Waals surface area contributed by atoms with Gasteiger partial charge >= 0.3 is 0 Å². The van der Waals surface area contributed by atoms with Crippen molar-refractivity contribution < 1.29 is 28.3 Å². The standard InChI is InChI=1S/C37H49FN8O5/c1-25(2)19-30-36(49)46-18-10-12-31(46)37(50)44(3)32(20-26-11-9-15-39-22-26)35(48)40-16-7-5-4-6-8-17-45-23-28(42-43-45)24-51-33-21-27(38)13-14-29(33)34(47)41-30/h9,11,13-15,21-23,25,30-32H,4-8,10,12,16-20,24H2,1-3H3,(H,40,48)(H,41,47)/t30-,31-,32+/m1/s1. The van der Waals surface area contributed by atoms with E-state index in [2.05, 4.69) is 25.9 Å². The zero-order chi connectivity index (χ0) is 36.3. The summed E-state index contributed by atoms with van der Waals surface area (Å²) in [6.45, 7) is 5.32. The predicted octanol–water partition coefficient (Wildman–Crippen LogP) is 3.68. The van der Waals surface area contributed by atoms with Crippen LogP contribution in [0.3, 0.4) is 0 Å². The van der Waals surface area contributed by atoms with E-state index in [0.717, 1.165) is 49.8 Å². The van der Waals surface area contributed by atoms with Crippen LogP contribution in [0.15, 0.2) is 48.9 Å². The van der Waals surface area contributed by atoms with Crippen molar-refractivity contribution in [1.82, 2.24) is 40.4 Å². The monoisotopic (exact) mass is 704 g/mol. The molecule has 274 valence electrons. The highest BCUT2D eigenvalue weighted by Crippen LogP contribution is 2.25. The Bertz CT molecular complexity index is 1650. The van der Waals surface area contributed by atoms with Crippen LogP contribution >= 0.6 is 0 Å². The van der Waals surface area contributed by atoms with Crippen molar-refractivity contribution in [3.8, 4) is 5.75 Å². The zero-order valence-electron chi connectivity index (χ0n) is 29.7. The van der Waals surface area contributed by atoms with Crippen molar-refractivity contribution in [2.45, 2.75) is 103 Å². The highest BCUT2D eigenvalue weighted by atomic mass is 19.1. The van der Waals surface area contributed by atoms with Gasteiger partial charge in [-0.25, -0.2) is 4.39 Å². The minimum atomic E-state index is -0.960. The van der Waals surface area contributed by atoms with E-state index < -0.39 is 29.8 Å². The number of hydrogen-bond donors (Lipinski definition) is 2. The summed E-state index contributed by atoms with van der Waals surface area (Å²) >= 11 is 0. The molecule has 2 aromatic heterocycles. The molecule has 1 aromatic carbocycles. The number of amides is 4. The van der Waals surface area contributed by atoms with Crippen LogP contribution in [0.4, 0.5) is 4.39 Å². The molecule has 0 spiro atoms. The lowest BCUT2D eigenvalue weighted by atomic mass is 10.0. The average Bonchev–Trinajstić information content (AvgIpc) is 3.79. The zero-order valence-corrected chi connectivity index (χ0v) is 29.7. The van der Waals surface area contributed by atoms with Crippen LogP contribution in [0.1, 0.15) is 86.8 Å². The van der Waals surface area contributed by atoms with Gasteiger partial charge in [-0.2, -0.15) is 0 Å². The molecule has 4 amide bonds. The summed E-state index contributed by atoms with van der Waals surface area (Å²) in [5, 5.41) is 14.2. The number of aryl methyl sites for hydroxylation is 1. The highest BCUT2D eigenvalue weighted by molar-refractivity contribution is 6.00. The Labute approximate surface area is 298 Å². The molecule has 2 aliphatic rings. The van der Waals surface area contributed by atoms with Gasteiger partial charge in [-0.15, -0.1) is 5.10 Å². The molecule has 14 heteroatoms. The fraction of sp³-hybridized carbons (Fsp3) is 0.541. The van der Waals surface area contributed by atoms with Gasteiger partial charge in [0.1, 0.15) is 42.0 Å². The largest absolute Gasteiger partial charge is 0.486 e. The smallest absolute Gasteiger partial charge is 0.255 e. The van der Waals surface area contributed by atoms with E-state index in [9.17, 15) is 23.6 Å². The first-order valence-electron chi connectivity index (χ1n) is 18.0. The van der Waals surface area contributed by atoms with E-state index >= 15 is 0 Å². The molecule has 4 heterocycles. The molecule has 1 saturated heterocycles. The third kappa shape index (κ3) is 10.1. The van der Waals surface area contributed by atoms with Gasteiger partial charge in [0.05, 0.1) is 11.8 Å². The number of halogens is 1. The van der Waals surface area contributed by atoms with E-state index in [0.29, 0.717) is 44.6 Å². The first kappa shape index (κ1) is 37.4. The van der Waals surface area contributed by atoms with E-state index in [1.807, 2.05) is 19.9 Å². The van der Waals surface area contributed by atoms with E-state index in [1.165, 1.54) is 15.9 Å². The quantitative estimate of drug-likeness (QED) is 0.418. The third-order valence-electron chi connectivity index (χ3n) is 9.41. The fourth-order valence-corrected chi connectivity index (χ4v) is 6.68. The molecule has 0 unspecified atom stereocenters. The molecule has 5 rings (SSSR count). The summed E-state index contributed by atoms with van der Waals surface area (Å²) in [7, 11) is 1.61. The lowest BCUT2D eigenvalue weighted by Gasteiger charge is -2.34. The molecule has 2 aliphatic heterocycles. The minimum absolute atomic E-state index is 0.0112. The van der Waals surface area contributed by atoms with Gasteiger partial charge in [-0.05, 0) is 61.8 Å². The van der Waals surface area contributed by atoms with Crippen LogP contribution in [0.5, 0.6) is 5.75 Å². The van der Waals surface area contributed by atoms with E-state index in [4.69, 9.17) is 4.74 Å². The number of benzene rings is 1. The second-order valence-corrected chi connectivity index (χ2v) is 13.8. The molecule has 1 fully saturated rings. The van der Waals surface area contributed by atoms with Crippen molar-refractivity contribution in [3.63, 3.8) is 0 Å². The molecule has 13 nitrogen and oxygen atoms in total. The fourth-order valence-electron chi connectivity index (χ4n) is 6.68. The maximum absolute atomic E-state index is 14.4. The van der Waals surface area contributed by atoms with Crippen LogP contribution < -0.4 is 15.4 Å². The Morgan fingerprint density at radius 2 is 1.80 bits per heavy atom.